The second-order valence-electron chi connectivity index (χ2n) is 6.24. The SMILES string of the molecule is CCCCCCCCC=CCCC/C=C\C=CC=CC=CC=CC(=O)O. The van der Waals surface area contributed by atoms with Crippen molar-refractivity contribution in [2.24, 2.45) is 0 Å². The lowest BCUT2D eigenvalue weighted by Crippen LogP contribution is -1.84. The molecule has 0 aromatic heterocycles. The molecule has 26 heavy (non-hydrogen) atoms. The highest BCUT2D eigenvalue weighted by molar-refractivity contribution is 5.80. The summed E-state index contributed by atoms with van der Waals surface area (Å²) >= 11 is 0. The highest BCUT2D eigenvalue weighted by atomic mass is 16.4. The van der Waals surface area contributed by atoms with Crippen molar-refractivity contribution >= 4 is 5.97 Å². The van der Waals surface area contributed by atoms with Gasteiger partial charge in [0.25, 0.3) is 0 Å². The lowest BCUT2D eigenvalue weighted by atomic mass is 10.1. The van der Waals surface area contributed by atoms with Gasteiger partial charge < -0.3 is 5.11 Å². The molecule has 2 nitrogen and oxygen atoms in total. The fourth-order valence-corrected chi connectivity index (χ4v) is 2.33. The first kappa shape index (κ1) is 23.9. The molecule has 0 rings (SSSR count). The summed E-state index contributed by atoms with van der Waals surface area (Å²) in [5.74, 6) is -0.933. The molecule has 0 aromatic rings. The van der Waals surface area contributed by atoms with Crippen molar-refractivity contribution in [3.63, 3.8) is 0 Å². The van der Waals surface area contributed by atoms with Crippen LogP contribution in [0.4, 0.5) is 0 Å². The lowest BCUT2D eigenvalue weighted by molar-refractivity contribution is -0.131. The van der Waals surface area contributed by atoms with Crippen LogP contribution in [-0.2, 0) is 4.79 Å². The zero-order valence-corrected chi connectivity index (χ0v) is 16.4. The van der Waals surface area contributed by atoms with Gasteiger partial charge in [0.2, 0.25) is 0 Å². The number of carbonyl (C=O) groups is 1. The van der Waals surface area contributed by atoms with E-state index >= 15 is 0 Å². The van der Waals surface area contributed by atoms with Crippen LogP contribution < -0.4 is 0 Å². The van der Waals surface area contributed by atoms with E-state index in [9.17, 15) is 4.79 Å². The van der Waals surface area contributed by atoms with Gasteiger partial charge in [-0.25, -0.2) is 4.79 Å². The first-order valence-electron chi connectivity index (χ1n) is 9.98. The van der Waals surface area contributed by atoms with Crippen LogP contribution in [-0.4, -0.2) is 11.1 Å². The van der Waals surface area contributed by atoms with Crippen molar-refractivity contribution in [1.29, 1.82) is 0 Å². The number of carboxylic acids is 1. The quantitative estimate of drug-likeness (QED) is 0.136. The van der Waals surface area contributed by atoms with Crippen LogP contribution in [0.1, 0.15) is 71.1 Å². The van der Waals surface area contributed by atoms with Gasteiger partial charge in [-0.15, -0.1) is 0 Å². The zero-order valence-electron chi connectivity index (χ0n) is 16.4. The van der Waals surface area contributed by atoms with E-state index in [-0.39, 0.29) is 0 Å². The lowest BCUT2D eigenvalue weighted by Gasteiger charge is -1.97. The molecule has 0 spiro atoms. The summed E-state index contributed by atoms with van der Waals surface area (Å²) in [6.07, 6.45) is 35.7. The molecule has 0 aromatic carbocycles. The molecule has 0 atom stereocenters. The molecule has 0 radical (unpaired) electrons. The van der Waals surface area contributed by atoms with Gasteiger partial charge in [0.15, 0.2) is 0 Å². The fourth-order valence-electron chi connectivity index (χ4n) is 2.33. The van der Waals surface area contributed by atoms with E-state index in [0.29, 0.717) is 0 Å². The number of carboxylic acid groups (broad SMARTS) is 1. The Morgan fingerprint density at radius 2 is 1.12 bits per heavy atom. The van der Waals surface area contributed by atoms with Gasteiger partial charge in [0.05, 0.1) is 0 Å². The molecule has 0 aliphatic carbocycles. The molecule has 0 aliphatic heterocycles. The first-order chi connectivity index (χ1) is 12.8. The van der Waals surface area contributed by atoms with Crippen molar-refractivity contribution in [2.75, 3.05) is 0 Å². The van der Waals surface area contributed by atoms with E-state index in [1.54, 1.807) is 12.2 Å². The summed E-state index contributed by atoms with van der Waals surface area (Å²) in [5, 5.41) is 8.41. The van der Waals surface area contributed by atoms with Crippen molar-refractivity contribution < 1.29 is 9.90 Å². The van der Waals surface area contributed by atoms with E-state index < -0.39 is 5.97 Å². The summed E-state index contributed by atoms with van der Waals surface area (Å²) in [6, 6.07) is 0. The van der Waals surface area contributed by atoms with Gasteiger partial charge in [0.1, 0.15) is 0 Å². The van der Waals surface area contributed by atoms with Gasteiger partial charge in [-0.3, -0.25) is 0 Å². The highest BCUT2D eigenvalue weighted by Crippen LogP contribution is 2.07. The third-order valence-electron chi connectivity index (χ3n) is 3.79. The molecule has 0 heterocycles. The largest absolute Gasteiger partial charge is 0.478 e. The summed E-state index contributed by atoms with van der Waals surface area (Å²) in [7, 11) is 0. The van der Waals surface area contributed by atoms with E-state index in [4.69, 9.17) is 5.11 Å². The molecule has 144 valence electrons. The van der Waals surface area contributed by atoms with Crippen molar-refractivity contribution in [3.05, 3.63) is 72.9 Å². The fraction of sp³-hybridized carbons (Fsp3) is 0.458. The van der Waals surface area contributed by atoms with Crippen molar-refractivity contribution in [3.8, 4) is 0 Å². The van der Waals surface area contributed by atoms with E-state index in [2.05, 4.69) is 31.2 Å². The molecule has 0 bridgehead atoms. The van der Waals surface area contributed by atoms with Gasteiger partial charge in [0, 0.05) is 6.08 Å². The molecule has 0 amide bonds. The average molecular weight is 357 g/mol. The third-order valence-corrected chi connectivity index (χ3v) is 3.79. The Bertz CT molecular complexity index is 490. The Morgan fingerprint density at radius 1 is 0.615 bits per heavy atom. The van der Waals surface area contributed by atoms with E-state index in [1.165, 1.54) is 63.9 Å². The van der Waals surface area contributed by atoms with Crippen LogP contribution in [0.3, 0.4) is 0 Å². The van der Waals surface area contributed by atoms with Crippen LogP contribution in [0.5, 0.6) is 0 Å². The van der Waals surface area contributed by atoms with Crippen LogP contribution in [0.15, 0.2) is 72.9 Å². The summed E-state index contributed by atoms with van der Waals surface area (Å²) in [5.41, 5.74) is 0. The molecule has 0 saturated carbocycles. The monoisotopic (exact) mass is 356 g/mol. The van der Waals surface area contributed by atoms with Crippen LogP contribution in [0.25, 0.3) is 0 Å². The number of hydrogen-bond acceptors (Lipinski definition) is 1. The number of unbranched alkanes of at least 4 members (excludes halogenated alkanes) is 8. The topological polar surface area (TPSA) is 37.3 Å². The molecular weight excluding hydrogens is 320 g/mol. The minimum atomic E-state index is -0.933. The Morgan fingerprint density at radius 3 is 1.77 bits per heavy atom. The molecule has 0 fully saturated rings. The van der Waals surface area contributed by atoms with Crippen molar-refractivity contribution in [2.45, 2.75) is 71.1 Å². The second kappa shape index (κ2) is 21.0. The normalized spacial score (nSPS) is 13.0. The maximum atomic E-state index is 10.2. The van der Waals surface area contributed by atoms with E-state index in [0.717, 1.165) is 12.5 Å². The number of aliphatic carboxylic acids is 1. The maximum Gasteiger partial charge on any atom is 0.328 e. The minimum Gasteiger partial charge on any atom is -0.478 e. The van der Waals surface area contributed by atoms with Crippen molar-refractivity contribution in [1.82, 2.24) is 0 Å². The molecule has 0 saturated heterocycles. The molecular formula is C24H36O2. The van der Waals surface area contributed by atoms with Gasteiger partial charge in [-0.2, -0.15) is 0 Å². The van der Waals surface area contributed by atoms with Crippen LogP contribution in [0, 0.1) is 0 Å². The molecule has 2 heteroatoms. The predicted octanol–water partition coefficient (Wildman–Crippen LogP) is 7.33. The Kier molecular flexibility index (Phi) is 19.3. The zero-order chi connectivity index (χ0) is 19.1. The number of rotatable bonds is 16. The number of hydrogen-bond donors (Lipinski definition) is 1. The number of allylic oxidation sites excluding steroid dienone is 11. The predicted molar refractivity (Wildman–Crippen MR) is 114 cm³/mol. The molecule has 0 unspecified atom stereocenters. The van der Waals surface area contributed by atoms with Gasteiger partial charge >= 0.3 is 5.97 Å². The standard InChI is InChI=1S/C24H36O2/c1-2-3-4-5-6-7-8-9-10-11-12-13-14-15-16-17-18-19-20-21-22-23-24(25)26/h9-10,14-23H,2-8,11-13H2,1H3,(H,25,26)/b10-9?,15-14-,17-16?,19-18?,21-20?,23-22?. The van der Waals surface area contributed by atoms with Gasteiger partial charge in [-0.05, 0) is 32.1 Å². The minimum absolute atomic E-state index is 0.933. The van der Waals surface area contributed by atoms with E-state index in [1.807, 2.05) is 24.3 Å². The Hall–Kier alpha value is -2.09. The summed E-state index contributed by atoms with van der Waals surface area (Å²) < 4.78 is 0. The van der Waals surface area contributed by atoms with Gasteiger partial charge in [-0.1, -0.05) is 106 Å². The second-order valence-corrected chi connectivity index (χ2v) is 6.24. The Labute approximate surface area is 160 Å². The van der Waals surface area contributed by atoms with Crippen LogP contribution >= 0.6 is 0 Å². The Balaban J connectivity index is 3.49. The smallest absolute Gasteiger partial charge is 0.328 e. The molecule has 1 N–H and O–H groups in total. The summed E-state index contributed by atoms with van der Waals surface area (Å²) in [6.45, 7) is 2.26. The maximum absolute atomic E-state index is 10.2. The third kappa shape index (κ3) is 21.9. The first-order valence-corrected chi connectivity index (χ1v) is 9.98. The average Bonchev–Trinajstić information content (AvgIpc) is 2.62. The summed E-state index contributed by atoms with van der Waals surface area (Å²) in [4.78, 5) is 10.2. The highest BCUT2D eigenvalue weighted by Gasteiger charge is 1.88. The molecule has 0 aliphatic rings. The van der Waals surface area contributed by atoms with Crippen LogP contribution in [0.2, 0.25) is 0 Å².